The van der Waals surface area contributed by atoms with E-state index in [1.165, 1.54) is 36.8 Å². The number of rotatable bonds is 2. The molecule has 0 aromatic heterocycles. The van der Waals surface area contributed by atoms with Crippen molar-refractivity contribution < 1.29 is 4.74 Å². The summed E-state index contributed by atoms with van der Waals surface area (Å²) in [5.41, 5.74) is 4.45. The Morgan fingerprint density at radius 1 is 1.17 bits per heavy atom. The van der Waals surface area contributed by atoms with Gasteiger partial charge in [0.15, 0.2) is 0 Å². The lowest BCUT2D eigenvalue weighted by Crippen LogP contribution is -2.28. The van der Waals surface area contributed by atoms with Gasteiger partial charge >= 0.3 is 0 Å². The van der Waals surface area contributed by atoms with Gasteiger partial charge in [0, 0.05) is 17.6 Å². The second kappa shape index (κ2) is 4.93. The van der Waals surface area contributed by atoms with E-state index < -0.39 is 0 Å². The molecule has 1 unspecified atom stereocenters. The van der Waals surface area contributed by atoms with Gasteiger partial charge in [-0.15, -0.1) is 0 Å². The van der Waals surface area contributed by atoms with Crippen LogP contribution in [0.1, 0.15) is 55.8 Å². The summed E-state index contributed by atoms with van der Waals surface area (Å²) >= 11 is 0. The summed E-state index contributed by atoms with van der Waals surface area (Å²) in [5.74, 6) is 1.13. The highest BCUT2D eigenvalue weighted by Crippen LogP contribution is 2.36. The molecule has 0 spiro atoms. The van der Waals surface area contributed by atoms with Crippen molar-refractivity contribution in [3.8, 4) is 5.75 Å². The van der Waals surface area contributed by atoms with Crippen molar-refractivity contribution in [2.24, 2.45) is 0 Å². The molecule has 3 rings (SSSR count). The molecule has 0 saturated carbocycles. The van der Waals surface area contributed by atoms with E-state index in [1.807, 2.05) is 0 Å². The van der Waals surface area contributed by atoms with Gasteiger partial charge in [-0.05, 0) is 49.3 Å². The fourth-order valence-corrected chi connectivity index (χ4v) is 3.22. The van der Waals surface area contributed by atoms with Crippen molar-refractivity contribution in [3.05, 3.63) is 28.8 Å². The zero-order chi connectivity index (χ0) is 12.5. The zero-order valence-electron chi connectivity index (χ0n) is 11.5. The Balaban J connectivity index is 1.97. The molecular formula is C16H23NO. The third kappa shape index (κ3) is 2.26. The molecule has 98 valence electrons. The summed E-state index contributed by atoms with van der Waals surface area (Å²) in [5, 5.41) is 3.69. The first-order valence-electron chi connectivity index (χ1n) is 7.28. The average Bonchev–Trinajstić information content (AvgIpc) is 2.70. The van der Waals surface area contributed by atoms with E-state index in [1.54, 1.807) is 5.56 Å². The van der Waals surface area contributed by atoms with Crippen molar-refractivity contribution in [1.82, 2.24) is 5.32 Å². The van der Waals surface area contributed by atoms with Crippen molar-refractivity contribution in [1.29, 1.82) is 0 Å². The Morgan fingerprint density at radius 3 is 2.72 bits per heavy atom. The summed E-state index contributed by atoms with van der Waals surface area (Å²) in [6.45, 7) is 5.31. The summed E-state index contributed by atoms with van der Waals surface area (Å²) in [4.78, 5) is 0. The van der Waals surface area contributed by atoms with E-state index in [-0.39, 0.29) is 0 Å². The number of aryl methyl sites for hydroxylation is 2. The van der Waals surface area contributed by atoms with Crippen LogP contribution in [-0.2, 0) is 12.8 Å². The first-order valence-corrected chi connectivity index (χ1v) is 7.28. The number of ether oxygens (including phenoxy) is 1. The first kappa shape index (κ1) is 12.0. The Kier molecular flexibility index (Phi) is 3.29. The molecule has 0 bridgehead atoms. The predicted octanol–water partition coefficient (Wildman–Crippen LogP) is 3.39. The van der Waals surface area contributed by atoms with Crippen LogP contribution < -0.4 is 10.1 Å². The van der Waals surface area contributed by atoms with Crippen LogP contribution >= 0.6 is 0 Å². The molecule has 1 aromatic carbocycles. The second-order valence-corrected chi connectivity index (χ2v) is 5.88. The molecule has 1 aromatic rings. The maximum Gasteiger partial charge on any atom is 0.124 e. The number of nitrogens with one attached hydrogen (secondary N) is 1. The second-order valence-electron chi connectivity index (χ2n) is 5.88. The molecule has 0 saturated heterocycles. The van der Waals surface area contributed by atoms with E-state index in [0.717, 1.165) is 18.8 Å². The van der Waals surface area contributed by atoms with E-state index in [2.05, 4.69) is 31.3 Å². The van der Waals surface area contributed by atoms with Gasteiger partial charge in [-0.3, -0.25) is 0 Å². The highest BCUT2D eigenvalue weighted by Gasteiger charge is 2.23. The number of benzene rings is 1. The fraction of sp³-hybridized carbons (Fsp3) is 0.625. The van der Waals surface area contributed by atoms with Gasteiger partial charge in [0.25, 0.3) is 0 Å². The molecular weight excluding hydrogens is 222 g/mol. The highest BCUT2D eigenvalue weighted by molar-refractivity contribution is 5.46. The van der Waals surface area contributed by atoms with E-state index >= 15 is 0 Å². The quantitative estimate of drug-likeness (QED) is 0.862. The molecule has 0 radical (unpaired) electrons. The van der Waals surface area contributed by atoms with Crippen LogP contribution in [0.5, 0.6) is 5.75 Å². The summed E-state index contributed by atoms with van der Waals surface area (Å²) in [7, 11) is 0. The van der Waals surface area contributed by atoms with Gasteiger partial charge in [-0.25, -0.2) is 0 Å². The average molecular weight is 245 g/mol. The van der Waals surface area contributed by atoms with Crippen LogP contribution in [0.4, 0.5) is 0 Å². The molecule has 1 aliphatic carbocycles. The largest absolute Gasteiger partial charge is 0.493 e. The van der Waals surface area contributed by atoms with Crippen molar-refractivity contribution in [2.75, 3.05) is 6.61 Å². The first-order chi connectivity index (χ1) is 8.74. The predicted molar refractivity (Wildman–Crippen MR) is 74.2 cm³/mol. The monoisotopic (exact) mass is 245 g/mol. The van der Waals surface area contributed by atoms with Crippen LogP contribution in [0, 0.1) is 0 Å². The van der Waals surface area contributed by atoms with Gasteiger partial charge < -0.3 is 10.1 Å². The zero-order valence-corrected chi connectivity index (χ0v) is 11.5. The maximum atomic E-state index is 5.95. The van der Waals surface area contributed by atoms with Crippen LogP contribution in [0.2, 0.25) is 0 Å². The standard InChI is InChI=1S/C16H23NO/c1-11(2)17-15-7-4-8-18-16-10-13-6-3-5-12(13)9-14(15)16/h9-11,15,17H,3-8H2,1-2H3. The van der Waals surface area contributed by atoms with E-state index in [0.29, 0.717) is 12.1 Å². The van der Waals surface area contributed by atoms with Gasteiger partial charge in [-0.2, -0.15) is 0 Å². The topological polar surface area (TPSA) is 21.3 Å². The third-order valence-electron chi connectivity index (χ3n) is 4.03. The molecule has 0 fully saturated rings. The molecule has 1 heterocycles. The van der Waals surface area contributed by atoms with Crippen molar-refractivity contribution >= 4 is 0 Å². The smallest absolute Gasteiger partial charge is 0.124 e. The Hall–Kier alpha value is -1.02. The Bertz CT molecular complexity index is 439. The molecule has 1 aliphatic heterocycles. The highest BCUT2D eigenvalue weighted by atomic mass is 16.5. The van der Waals surface area contributed by atoms with E-state index in [9.17, 15) is 0 Å². The van der Waals surface area contributed by atoms with Crippen LogP contribution in [0.15, 0.2) is 12.1 Å². The normalized spacial score (nSPS) is 22.3. The van der Waals surface area contributed by atoms with Gasteiger partial charge in [0.2, 0.25) is 0 Å². The Morgan fingerprint density at radius 2 is 1.94 bits per heavy atom. The molecule has 2 heteroatoms. The minimum absolute atomic E-state index is 0.466. The SMILES string of the molecule is CC(C)NC1CCCOc2cc3c(cc21)CCC3. The van der Waals surface area contributed by atoms with Crippen molar-refractivity contribution in [3.63, 3.8) is 0 Å². The van der Waals surface area contributed by atoms with Gasteiger partial charge in [-0.1, -0.05) is 19.9 Å². The lowest BCUT2D eigenvalue weighted by Gasteiger charge is -2.22. The summed E-state index contributed by atoms with van der Waals surface area (Å²) in [6, 6.07) is 5.70. The Labute approximate surface area is 110 Å². The van der Waals surface area contributed by atoms with Crippen LogP contribution in [0.3, 0.4) is 0 Å². The molecule has 2 nitrogen and oxygen atoms in total. The van der Waals surface area contributed by atoms with E-state index in [4.69, 9.17) is 4.74 Å². The minimum Gasteiger partial charge on any atom is -0.493 e. The summed E-state index contributed by atoms with van der Waals surface area (Å²) < 4.78 is 5.95. The van der Waals surface area contributed by atoms with Crippen LogP contribution in [-0.4, -0.2) is 12.6 Å². The molecule has 18 heavy (non-hydrogen) atoms. The minimum atomic E-state index is 0.466. The number of hydrogen-bond acceptors (Lipinski definition) is 2. The molecule has 2 aliphatic rings. The number of fused-ring (bicyclic) bond motifs is 2. The molecule has 1 N–H and O–H groups in total. The lowest BCUT2D eigenvalue weighted by atomic mass is 9.97. The van der Waals surface area contributed by atoms with Crippen molar-refractivity contribution in [2.45, 2.75) is 58.0 Å². The van der Waals surface area contributed by atoms with Crippen LogP contribution in [0.25, 0.3) is 0 Å². The fourth-order valence-electron chi connectivity index (χ4n) is 3.22. The number of hydrogen-bond donors (Lipinski definition) is 1. The van der Waals surface area contributed by atoms with Gasteiger partial charge in [0.1, 0.15) is 5.75 Å². The maximum absolute atomic E-state index is 5.95. The third-order valence-corrected chi connectivity index (χ3v) is 4.03. The van der Waals surface area contributed by atoms with Gasteiger partial charge in [0.05, 0.1) is 6.61 Å². The molecule has 1 atom stereocenters. The molecule has 0 amide bonds. The summed E-state index contributed by atoms with van der Waals surface area (Å²) in [6.07, 6.45) is 6.11. The lowest BCUT2D eigenvalue weighted by molar-refractivity contribution is 0.314.